The first kappa shape index (κ1) is 5.39. The Labute approximate surface area is 93.5 Å². The summed E-state index contributed by atoms with van der Waals surface area (Å²) in [7, 11) is 0. The third kappa shape index (κ3) is 1.52. The van der Waals surface area contributed by atoms with Crippen molar-refractivity contribution < 1.29 is 15.0 Å². The lowest BCUT2D eigenvalue weighted by molar-refractivity contribution is 0.133. The summed E-state index contributed by atoms with van der Waals surface area (Å²) >= 11 is 0. The number of amidine groups is 1. The van der Waals surface area contributed by atoms with Crippen molar-refractivity contribution in [3.05, 3.63) is 24.2 Å². The summed E-state index contributed by atoms with van der Waals surface area (Å²) in [6, 6.07) is 5.10. The number of ether oxygens (including phenoxy) is 2. The zero-order valence-corrected chi connectivity index (χ0v) is 7.86. The van der Waals surface area contributed by atoms with Crippen LogP contribution in [0, 0.1) is 0 Å². The lowest BCUT2D eigenvalue weighted by Crippen LogP contribution is -2.42. The first-order valence-corrected chi connectivity index (χ1v) is 4.64. The van der Waals surface area contributed by atoms with Crippen molar-refractivity contribution in [3.63, 3.8) is 0 Å². The van der Waals surface area contributed by atoms with E-state index in [1.165, 1.54) is 6.07 Å². The van der Waals surface area contributed by atoms with Gasteiger partial charge >= 0.3 is 0 Å². The van der Waals surface area contributed by atoms with Gasteiger partial charge in [0, 0.05) is 6.52 Å². The Morgan fingerprint density at radius 1 is 1.53 bits per heavy atom. The molecule has 78 valence electrons. The molecule has 0 amide bonds. The van der Waals surface area contributed by atoms with Crippen molar-refractivity contribution in [1.29, 1.82) is 0 Å². The van der Waals surface area contributed by atoms with E-state index in [-0.39, 0.29) is 12.4 Å². The molecule has 2 aliphatic heterocycles. The van der Waals surface area contributed by atoms with Crippen LogP contribution in [0.1, 0.15) is 5.48 Å². The maximum Gasteiger partial charge on any atom is 0.189 e. The van der Waals surface area contributed by atoms with Crippen molar-refractivity contribution in [3.8, 4) is 11.5 Å². The largest absolute Gasteiger partial charge is 0.485 e. The molecule has 1 unspecified atom stereocenters. The van der Waals surface area contributed by atoms with E-state index in [1.54, 1.807) is 12.1 Å². The molecule has 1 N–H and O–H groups in total. The fourth-order valence-electron chi connectivity index (χ4n) is 1.50. The molecule has 0 bridgehead atoms. The second kappa shape index (κ2) is 3.46. The van der Waals surface area contributed by atoms with Crippen LogP contribution in [0.5, 0.6) is 11.5 Å². The average molecular weight is 208 g/mol. The molecule has 1 aromatic carbocycles. The smallest absolute Gasteiger partial charge is 0.189 e. The minimum atomic E-state index is -1.96. The Morgan fingerprint density at radius 2 is 2.53 bits per heavy atom. The van der Waals surface area contributed by atoms with E-state index < -0.39 is 19.1 Å². The van der Waals surface area contributed by atoms with Gasteiger partial charge in [0.2, 0.25) is 0 Å². The molecule has 2 atom stereocenters. The minimum Gasteiger partial charge on any atom is -0.485 e. The third-order valence-corrected chi connectivity index (χ3v) is 2.22. The Balaban J connectivity index is 1.83. The first-order valence-electron chi connectivity index (χ1n) is 6.72. The van der Waals surface area contributed by atoms with E-state index >= 15 is 0 Å². The van der Waals surface area contributed by atoms with E-state index in [9.17, 15) is 0 Å². The molecule has 0 aliphatic carbocycles. The number of rotatable bonds is 1. The fraction of sp³-hybridized carbons (Fsp3) is 0.364. The molecule has 3 rings (SSSR count). The van der Waals surface area contributed by atoms with E-state index in [0.29, 0.717) is 17.5 Å². The molecule has 1 aromatic rings. The quantitative estimate of drug-likeness (QED) is 0.743. The van der Waals surface area contributed by atoms with Gasteiger partial charge in [0.25, 0.3) is 0 Å². The summed E-state index contributed by atoms with van der Waals surface area (Å²) in [4.78, 5) is 3.82. The number of para-hydroxylation sites is 2. The van der Waals surface area contributed by atoms with Crippen LogP contribution in [-0.4, -0.2) is 31.6 Å². The zero-order chi connectivity index (χ0) is 13.6. The molecule has 2 aliphatic rings. The third-order valence-electron chi connectivity index (χ3n) is 2.22. The van der Waals surface area contributed by atoms with Gasteiger partial charge in [-0.2, -0.15) is 0 Å². The van der Waals surface area contributed by atoms with Crippen molar-refractivity contribution in [2.75, 3.05) is 19.6 Å². The SMILES string of the molecule is [2H]c1ccc2c(c1)OC(C1=NC([2H])([2H])[C@@H]([2H])N1)CO2. The Bertz CT molecular complexity index is 549. The molecule has 15 heavy (non-hydrogen) atoms. The molecule has 0 spiro atoms. The summed E-state index contributed by atoms with van der Waals surface area (Å²) in [5.41, 5.74) is 0. The number of hydrogen-bond donors (Lipinski definition) is 1. The van der Waals surface area contributed by atoms with Crippen LogP contribution in [-0.2, 0) is 0 Å². The molecular formula is C11H12N2O2. The maximum absolute atomic E-state index is 7.54. The summed E-state index contributed by atoms with van der Waals surface area (Å²) in [5.74, 6) is 1.25. The molecule has 4 heteroatoms. The van der Waals surface area contributed by atoms with Gasteiger partial charge < -0.3 is 14.8 Å². The summed E-state index contributed by atoms with van der Waals surface area (Å²) in [6.45, 7) is -2.91. The van der Waals surface area contributed by atoms with Crippen LogP contribution in [0.15, 0.2) is 29.2 Å². The summed E-state index contributed by atoms with van der Waals surface area (Å²) in [6.07, 6.45) is -0.584. The van der Waals surface area contributed by atoms with Crippen molar-refractivity contribution >= 4 is 5.84 Å². The molecule has 0 fully saturated rings. The van der Waals surface area contributed by atoms with E-state index in [0.717, 1.165) is 0 Å². The molecule has 0 aromatic heterocycles. The van der Waals surface area contributed by atoms with Crippen molar-refractivity contribution in [2.45, 2.75) is 6.10 Å². The highest BCUT2D eigenvalue weighted by atomic mass is 16.6. The van der Waals surface area contributed by atoms with Crippen LogP contribution < -0.4 is 14.8 Å². The van der Waals surface area contributed by atoms with Crippen LogP contribution >= 0.6 is 0 Å². The number of fused-ring (bicyclic) bond motifs is 1. The van der Waals surface area contributed by atoms with Crippen molar-refractivity contribution in [2.24, 2.45) is 4.99 Å². The highest BCUT2D eigenvalue weighted by Gasteiger charge is 2.26. The zero-order valence-electron chi connectivity index (χ0n) is 11.9. The summed E-state index contributed by atoms with van der Waals surface area (Å²) in [5, 5.41) is 2.65. The van der Waals surface area contributed by atoms with Crippen molar-refractivity contribution in [1.82, 2.24) is 5.32 Å². The lowest BCUT2D eigenvalue weighted by Gasteiger charge is -2.26. The average Bonchev–Trinajstić information content (AvgIpc) is 2.63. The standard InChI is InChI=1S/C11H12N2O2/c1-2-4-9-8(3-1)14-7-10(15-9)11-12-5-6-13-11/h1-4,10H,5-7H2,(H,12,13)/i2D,5D,6D2/t5-,10?/m1/s1. The van der Waals surface area contributed by atoms with Crippen LogP contribution in [0.3, 0.4) is 0 Å². The van der Waals surface area contributed by atoms with Gasteiger partial charge in [0.05, 0.1) is 12.0 Å². The van der Waals surface area contributed by atoms with Gasteiger partial charge in [0.15, 0.2) is 17.6 Å². The monoisotopic (exact) mass is 208 g/mol. The number of nitrogens with zero attached hydrogens (tertiary/aromatic N) is 1. The number of aliphatic imine (C=N–C) groups is 1. The highest BCUT2D eigenvalue weighted by molar-refractivity contribution is 5.88. The second-order valence-electron chi connectivity index (χ2n) is 3.21. The molecular weight excluding hydrogens is 192 g/mol. The Kier molecular flexibility index (Phi) is 1.24. The second-order valence-corrected chi connectivity index (χ2v) is 3.21. The number of nitrogens with one attached hydrogen (secondary N) is 1. The van der Waals surface area contributed by atoms with Gasteiger partial charge in [-0.3, -0.25) is 4.99 Å². The van der Waals surface area contributed by atoms with Gasteiger partial charge in [-0.25, -0.2) is 0 Å². The Hall–Kier alpha value is -1.71. The molecule has 0 saturated heterocycles. The van der Waals surface area contributed by atoms with Gasteiger partial charge in [-0.05, 0) is 12.1 Å². The van der Waals surface area contributed by atoms with E-state index in [1.807, 2.05) is 0 Å². The van der Waals surface area contributed by atoms with Crippen LogP contribution in [0.25, 0.3) is 0 Å². The summed E-state index contributed by atoms with van der Waals surface area (Å²) < 4.78 is 41.3. The van der Waals surface area contributed by atoms with E-state index in [2.05, 4.69) is 10.3 Å². The molecule has 0 radical (unpaired) electrons. The predicted octanol–water partition coefficient (Wildman–Crippen LogP) is 0.828. The Morgan fingerprint density at radius 3 is 3.40 bits per heavy atom. The predicted molar refractivity (Wildman–Crippen MR) is 56.7 cm³/mol. The number of hydrogen-bond acceptors (Lipinski definition) is 4. The van der Waals surface area contributed by atoms with Gasteiger partial charge in [0.1, 0.15) is 12.4 Å². The topological polar surface area (TPSA) is 42.8 Å². The molecule has 2 heterocycles. The normalized spacial score (nSPS) is 35.3. The minimum absolute atomic E-state index is 0.193. The first-order chi connectivity index (χ1) is 8.95. The van der Waals surface area contributed by atoms with Crippen LogP contribution in [0.2, 0.25) is 0 Å². The van der Waals surface area contributed by atoms with Gasteiger partial charge in [-0.15, -0.1) is 0 Å². The van der Waals surface area contributed by atoms with Gasteiger partial charge in [-0.1, -0.05) is 12.1 Å². The number of benzene rings is 1. The fourth-order valence-corrected chi connectivity index (χ4v) is 1.50. The van der Waals surface area contributed by atoms with Crippen LogP contribution in [0.4, 0.5) is 0 Å². The lowest BCUT2D eigenvalue weighted by atomic mass is 10.2. The highest BCUT2D eigenvalue weighted by Crippen LogP contribution is 2.31. The maximum atomic E-state index is 7.54. The molecule has 0 saturated carbocycles. The molecule has 4 nitrogen and oxygen atoms in total. The van der Waals surface area contributed by atoms with E-state index in [4.69, 9.17) is 15.0 Å².